The van der Waals surface area contributed by atoms with Crippen LogP contribution in [0.3, 0.4) is 0 Å². The van der Waals surface area contributed by atoms with Gasteiger partial charge >= 0.3 is 0 Å². The number of nitrogens with zero attached hydrogens (tertiary/aromatic N) is 4. The van der Waals surface area contributed by atoms with Crippen molar-refractivity contribution in [2.24, 2.45) is 0 Å². The third kappa shape index (κ3) is 3.61. The molecule has 1 unspecified atom stereocenters. The van der Waals surface area contributed by atoms with E-state index in [1.54, 1.807) is 22.7 Å². The van der Waals surface area contributed by atoms with Gasteiger partial charge in [-0.2, -0.15) is 5.10 Å². The van der Waals surface area contributed by atoms with E-state index in [2.05, 4.69) is 39.9 Å². The zero-order valence-electron chi connectivity index (χ0n) is 20.4. The van der Waals surface area contributed by atoms with Gasteiger partial charge in [-0.3, -0.25) is 9.59 Å². The van der Waals surface area contributed by atoms with E-state index in [0.29, 0.717) is 24.5 Å². The predicted molar refractivity (Wildman–Crippen MR) is 137 cm³/mol. The van der Waals surface area contributed by atoms with E-state index in [1.807, 2.05) is 37.4 Å². The molecule has 2 aliphatic heterocycles. The number of aryl methyl sites for hydroxylation is 1. The van der Waals surface area contributed by atoms with Crippen LogP contribution in [0.15, 0.2) is 60.9 Å². The molecule has 6 rings (SSSR count). The zero-order chi connectivity index (χ0) is 24.8. The molecule has 4 heterocycles. The highest BCUT2D eigenvalue weighted by atomic mass is 16.2. The molecule has 1 saturated heterocycles. The van der Waals surface area contributed by atoms with Gasteiger partial charge in [0.15, 0.2) is 11.5 Å². The van der Waals surface area contributed by atoms with E-state index in [9.17, 15) is 9.59 Å². The molecule has 8 heteroatoms. The number of amides is 2. The molecular weight excluding hydrogens is 452 g/mol. The van der Waals surface area contributed by atoms with Gasteiger partial charge in [-0.25, -0.2) is 9.67 Å². The molecule has 2 aromatic heterocycles. The molecule has 182 valence electrons. The number of aromatic nitrogens is 3. The molecule has 3 aliphatic rings. The molecule has 1 aliphatic carbocycles. The van der Waals surface area contributed by atoms with Crippen molar-refractivity contribution in [1.29, 1.82) is 0 Å². The Kier molecular flexibility index (Phi) is 5.44. The molecule has 36 heavy (non-hydrogen) atoms. The van der Waals surface area contributed by atoms with Crippen LogP contribution in [0.5, 0.6) is 0 Å². The highest BCUT2D eigenvalue weighted by Gasteiger charge is 2.38. The van der Waals surface area contributed by atoms with E-state index < -0.39 is 6.04 Å². The number of allylic oxidation sites excluding steroid dienone is 2. The molecule has 2 amide bonds. The highest BCUT2D eigenvalue weighted by molar-refractivity contribution is 6.00. The Balaban J connectivity index is 1.52. The first-order valence-corrected chi connectivity index (χ1v) is 12.4. The van der Waals surface area contributed by atoms with Gasteiger partial charge in [-0.05, 0) is 73.9 Å². The Bertz CT molecular complexity index is 1420. The number of fused-ring (bicyclic) bond motifs is 3. The van der Waals surface area contributed by atoms with E-state index >= 15 is 0 Å². The number of hydrogen-bond acceptors (Lipinski definition) is 5. The minimum Gasteiger partial charge on any atom is -0.387 e. The maximum Gasteiger partial charge on any atom is 0.275 e. The fraction of sp³-hybridized carbons (Fsp3) is 0.286. The molecule has 3 aromatic rings. The maximum absolute atomic E-state index is 13.9. The third-order valence-corrected chi connectivity index (χ3v) is 7.31. The summed E-state index contributed by atoms with van der Waals surface area (Å²) in [6.45, 7) is 4.92. The number of hydrogen-bond donors (Lipinski definition) is 2. The summed E-state index contributed by atoms with van der Waals surface area (Å²) in [4.78, 5) is 32.5. The van der Waals surface area contributed by atoms with E-state index in [4.69, 9.17) is 5.10 Å². The second-order valence-electron chi connectivity index (χ2n) is 9.56. The number of dihydropyridines is 1. The van der Waals surface area contributed by atoms with Gasteiger partial charge < -0.3 is 15.5 Å². The maximum atomic E-state index is 13.9. The minimum atomic E-state index is -0.557. The second kappa shape index (κ2) is 8.78. The standard InChI is InChI=1S/C28H28N6O2/c1-17-15-31-27(35)18(2)33(17)28(36)25-22-11-10-19-8-9-20(21-6-5-12-29-16-21)14-23(19)26(22)34(32-25)24-7-3-4-13-30-24/h3-9,12-14,17-18,29H,10-11,15-16H2,1-2H3,(H,31,35)/t17-,18?/m0/s1. The molecule has 0 bridgehead atoms. The SMILES string of the molecule is CC1C(=O)NC[C@H](C)N1C(=O)c1nn(-c2ccccn2)c2c1CCc1ccc(C3=CC=CNC3)cc1-2. The Morgan fingerprint density at radius 2 is 2.03 bits per heavy atom. The normalized spacial score (nSPS) is 20.7. The minimum absolute atomic E-state index is 0.123. The fourth-order valence-corrected chi connectivity index (χ4v) is 5.41. The van der Waals surface area contributed by atoms with E-state index in [1.165, 1.54) is 11.1 Å². The summed E-state index contributed by atoms with van der Waals surface area (Å²) in [5, 5.41) is 11.0. The molecule has 8 nitrogen and oxygen atoms in total. The summed E-state index contributed by atoms with van der Waals surface area (Å²) in [7, 11) is 0. The number of pyridine rings is 1. The van der Waals surface area contributed by atoms with Crippen molar-refractivity contribution in [1.82, 2.24) is 30.3 Å². The van der Waals surface area contributed by atoms with Crippen LogP contribution in [0.2, 0.25) is 0 Å². The molecule has 0 radical (unpaired) electrons. The van der Waals surface area contributed by atoms with Crippen LogP contribution < -0.4 is 10.6 Å². The van der Waals surface area contributed by atoms with E-state index in [-0.39, 0.29) is 17.9 Å². The van der Waals surface area contributed by atoms with Crippen molar-refractivity contribution < 1.29 is 9.59 Å². The predicted octanol–water partition coefficient (Wildman–Crippen LogP) is 2.88. The highest BCUT2D eigenvalue weighted by Crippen LogP contribution is 2.39. The van der Waals surface area contributed by atoms with Gasteiger partial charge in [0.1, 0.15) is 6.04 Å². The summed E-state index contributed by atoms with van der Waals surface area (Å²) in [6, 6.07) is 11.6. The molecule has 2 atom stereocenters. The van der Waals surface area contributed by atoms with Gasteiger partial charge in [0.25, 0.3) is 5.91 Å². The Hall–Kier alpha value is -4.20. The lowest BCUT2D eigenvalue weighted by Crippen LogP contribution is -2.60. The number of benzene rings is 1. The molecule has 1 aromatic carbocycles. The molecule has 0 saturated carbocycles. The Labute approximate surface area is 209 Å². The van der Waals surface area contributed by atoms with Crippen molar-refractivity contribution in [3.05, 3.63) is 83.3 Å². The van der Waals surface area contributed by atoms with E-state index in [0.717, 1.165) is 35.3 Å². The number of rotatable bonds is 3. The number of carbonyl (C=O) groups is 2. The van der Waals surface area contributed by atoms with Crippen molar-refractivity contribution in [3.8, 4) is 17.1 Å². The van der Waals surface area contributed by atoms with Crippen molar-refractivity contribution in [2.45, 2.75) is 38.8 Å². The van der Waals surface area contributed by atoms with Crippen LogP contribution in [0, 0.1) is 0 Å². The quantitative estimate of drug-likeness (QED) is 0.602. The van der Waals surface area contributed by atoms with Crippen LogP contribution in [-0.2, 0) is 17.6 Å². The van der Waals surface area contributed by atoms with Crippen LogP contribution in [0.1, 0.15) is 41.0 Å². The lowest BCUT2D eigenvalue weighted by Gasteiger charge is -2.38. The van der Waals surface area contributed by atoms with Gasteiger partial charge in [-0.15, -0.1) is 0 Å². The van der Waals surface area contributed by atoms with Gasteiger partial charge in [-0.1, -0.05) is 24.3 Å². The smallest absolute Gasteiger partial charge is 0.275 e. The first-order valence-electron chi connectivity index (χ1n) is 12.4. The summed E-state index contributed by atoms with van der Waals surface area (Å²) in [5.41, 5.74) is 6.85. The number of piperazine rings is 1. The zero-order valence-corrected chi connectivity index (χ0v) is 20.4. The summed E-state index contributed by atoms with van der Waals surface area (Å²) < 4.78 is 1.80. The summed E-state index contributed by atoms with van der Waals surface area (Å²) >= 11 is 0. The topological polar surface area (TPSA) is 92.2 Å². The Morgan fingerprint density at radius 3 is 2.81 bits per heavy atom. The number of carbonyl (C=O) groups excluding carboxylic acids is 2. The van der Waals surface area contributed by atoms with Crippen LogP contribution in [0.4, 0.5) is 0 Å². The van der Waals surface area contributed by atoms with Crippen molar-refractivity contribution in [2.75, 3.05) is 13.1 Å². The fourth-order valence-electron chi connectivity index (χ4n) is 5.41. The summed E-state index contributed by atoms with van der Waals surface area (Å²) in [6.07, 6.45) is 9.32. The largest absolute Gasteiger partial charge is 0.387 e. The third-order valence-electron chi connectivity index (χ3n) is 7.31. The second-order valence-corrected chi connectivity index (χ2v) is 9.56. The molecule has 0 spiro atoms. The summed E-state index contributed by atoms with van der Waals surface area (Å²) in [5.74, 6) is 0.308. The molecule has 1 fully saturated rings. The van der Waals surface area contributed by atoms with Gasteiger partial charge in [0.2, 0.25) is 5.91 Å². The lowest BCUT2D eigenvalue weighted by atomic mass is 9.86. The van der Waals surface area contributed by atoms with Crippen LogP contribution in [-0.4, -0.2) is 56.7 Å². The molecule has 2 N–H and O–H groups in total. The first kappa shape index (κ1) is 22.3. The lowest BCUT2D eigenvalue weighted by molar-refractivity contribution is -0.128. The molecular formula is C28H28N6O2. The Morgan fingerprint density at radius 1 is 1.14 bits per heavy atom. The van der Waals surface area contributed by atoms with Gasteiger partial charge in [0, 0.05) is 36.5 Å². The van der Waals surface area contributed by atoms with Crippen molar-refractivity contribution in [3.63, 3.8) is 0 Å². The average molecular weight is 481 g/mol. The first-order chi connectivity index (χ1) is 17.5. The average Bonchev–Trinajstić information content (AvgIpc) is 3.32. The van der Waals surface area contributed by atoms with Crippen molar-refractivity contribution >= 4 is 17.4 Å². The van der Waals surface area contributed by atoms with Crippen LogP contribution in [0.25, 0.3) is 22.6 Å². The van der Waals surface area contributed by atoms with Crippen LogP contribution >= 0.6 is 0 Å². The monoisotopic (exact) mass is 480 g/mol. The van der Waals surface area contributed by atoms with Gasteiger partial charge in [0.05, 0.1) is 5.69 Å². The number of nitrogens with one attached hydrogen (secondary N) is 2.